The number of benzene rings is 3. The van der Waals surface area contributed by atoms with Crippen LogP contribution in [-0.2, 0) is 33.8 Å². The first-order valence-electron chi connectivity index (χ1n) is 14.0. The Kier molecular flexibility index (Phi) is 9.77. The van der Waals surface area contributed by atoms with E-state index in [0.717, 1.165) is 49.3 Å². The van der Waals surface area contributed by atoms with Gasteiger partial charge in [0.05, 0.1) is 6.42 Å². The highest BCUT2D eigenvalue weighted by Crippen LogP contribution is 2.33. The van der Waals surface area contributed by atoms with Gasteiger partial charge in [0.2, 0.25) is 12.7 Å². The van der Waals surface area contributed by atoms with Crippen LogP contribution in [0.4, 0.5) is 5.69 Å². The second kappa shape index (κ2) is 13.9. The average molecular weight is 578 g/mol. The van der Waals surface area contributed by atoms with E-state index >= 15 is 0 Å². The molecule has 3 aromatic rings. The van der Waals surface area contributed by atoms with E-state index in [1.165, 1.54) is 12.7 Å². The highest BCUT2D eigenvalue weighted by molar-refractivity contribution is 6.30. The standard InChI is InChI=1S/C32H36ClN3O5/c1-39-22-32(38)36-17-5-15-34(20-24-8-11-27(33)12-9-24)14-4-16-35(21-26-6-2-3-7-28(26)36)31(37)19-25-10-13-29-30(18-25)41-23-40-29/h2-3,6-13,18H,4-5,14-17,19-23H2,1H3. The molecule has 0 spiro atoms. The molecule has 0 unspecified atom stereocenters. The molecule has 8 nitrogen and oxygen atoms in total. The number of methoxy groups -OCH3 is 1. The largest absolute Gasteiger partial charge is 0.454 e. The second-order valence-electron chi connectivity index (χ2n) is 10.4. The fourth-order valence-corrected chi connectivity index (χ4v) is 5.51. The lowest BCUT2D eigenvalue weighted by molar-refractivity contribution is -0.131. The molecule has 0 atom stereocenters. The molecule has 0 saturated heterocycles. The molecule has 0 aliphatic carbocycles. The van der Waals surface area contributed by atoms with Gasteiger partial charge in [-0.1, -0.05) is 48.0 Å². The summed E-state index contributed by atoms with van der Waals surface area (Å²) < 4.78 is 16.2. The van der Waals surface area contributed by atoms with Gasteiger partial charge in [-0.05, 0) is 59.9 Å². The first-order valence-corrected chi connectivity index (χ1v) is 14.4. The summed E-state index contributed by atoms with van der Waals surface area (Å²) in [5.41, 5.74) is 3.81. The number of amides is 2. The van der Waals surface area contributed by atoms with Crippen molar-refractivity contribution in [3.8, 4) is 11.5 Å². The molecule has 0 N–H and O–H groups in total. The molecule has 2 amide bonds. The summed E-state index contributed by atoms with van der Waals surface area (Å²) in [6.07, 6.45) is 1.89. The summed E-state index contributed by atoms with van der Waals surface area (Å²) >= 11 is 6.11. The van der Waals surface area contributed by atoms with Crippen molar-refractivity contribution in [1.82, 2.24) is 9.80 Å². The van der Waals surface area contributed by atoms with E-state index in [9.17, 15) is 9.59 Å². The first kappa shape index (κ1) is 28.9. The summed E-state index contributed by atoms with van der Waals surface area (Å²) in [5, 5.41) is 0.713. The fraction of sp³-hybridized carbons (Fsp3) is 0.375. The van der Waals surface area contributed by atoms with Crippen LogP contribution in [0, 0.1) is 0 Å². The summed E-state index contributed by atoms with van der Waals surface area (Å²) in [6.45, 7) is 4.16. The van der Waals surface area contributed by atoms with E-state index in [2.05, 4.69) is 4.90 Å². The van der Waals surface area contributed by atoms with Gasteiger partial charge in [-0.2, -0.15) is 0 Å². The summed E-state index contributed by atoms with van der Waals surface area (Å²) in [6, 6.07) is 21.4. The van der Waals surface area contributed by atoms with Crippen LogP contribution in [0.5, 0.6) is 11.5 Å². The molecule has 41 heavy (non-hydrogen) atoms. The van der Waals surface area contributed by atoms with Gasteiger partial charge in [0.1, 0.15) is 6.61 Å². The number of carbonyl (C=O) groups excluding carboxylic acids is 2. The normalized spacial score (nSPS) is 16.0. The molecule has 216 valence electrons. The third-order valence-electron chi connectivity index (χ3n) is 7.44. The van der Waals surface area contributed by atoms with Crippen molar-refractivity contribution in [3.05, 3.63) is 88.4 Å². The first-order chi connectivity index (χ1) is 20.0. The number of carbonyl (C=O) groups is 2. The van der Waals surface area contributed by atoms with Gasteiger partial charge in [-0.25, -0.2) is 0 Å². The lowest BCUT2D eigenvalue weighted by Crippen LogP contribution is -2.40. The Morgan fingerprint density at radius 1 is 0.854 bits per heavy atom. The van der Waals surface area contributed by atoms with Crippen LogP contribution in [0.3, 0.4) is 0 Å². The van der Waals surface area contributed by atoms with E-state index in [-0.39, 0.29) is 31.6 Å². The molecule has 3 aromatic carbocycles. The average Bonchev–Trinajstić information content (AvgIpc) is 3.43. The maximum absolute atomic E-state index is 13.7. The van der Waals surface area contributed by atoms with Gasteiger partial charge < -0.3 is 24.0 Å². The third-order valence-corrected chi connectivity index (χ3v) is 7.69. The van der Waals surface area contributed by atoms with E-state index in [1.54, 1.807) is 4.90 Å². The fourth-order valence-electron chi connectivity index (χ4n) is 5.38. The SMILES string of the molecule is COCC(=O)N1CCCN(Cc2ccc(Cl)cc2)CCCN(C(=O)Cc2ccc3c(c2)OCO3)Cc2ccccc21. The zero-order chi connectivity index (χ0) is 28.6. The van der Waals surface area contributed by atoms with Crippen LogP contribution in [0.1, 0.15) is 29.5 Å². The number of fused-ring (bicyclic) bond motifs is 2. The number of ether oxygens (including phenoxy) is 3. The maximum atomic E-state index is 13.7. The zero-order valence-electron chi connectivity index (χ0n) is 23.4. The van der Waals surface area contributed by atoms with Gasteiger partial charge in [0.15, 0.2) is 11.5 Å². The van der Waals surface area contributed by atoms with Crippen molar-refractivity contribution < 1.29 is 23.8 Å². The topological polar surface area (TPSA) is 71.6 Å². The van der Waals surface area contributed by atoms with Crippen LogP contribution in [-0.4, -0.2) is 68.3 Å². The molecule has 0 radical (unpaired) electrons. The molecule has 0 aromatic heterocycles. The van der Waals surface area contributed by atoms with E-state index in [1.807, 2.05) is 71.6 Å². The lowest BCUT2D eigenvalue weighted by Gasteiger charge is -2.31. The molecule has 2 heterocycles. The zero-order valence-corrected chi connectivity index (χ0v) is 24.1. The van der Waals surface area contributed by atoms with Gasteiger partial charge in [-0.3, -0.25) is 14.5 Å². The number of hydrogen-bond acceptors (Lipinski definition) is 6. The number of anilines is 1. The van der Waals surface area contributed by atoms with Gasteiger partial charge in [-0.15, -0.1) is 0 Å². The minimum atomic E-state index is -0.0977. The summed E-state index contributed by atoms with van der Waals surface area (Å²) in [5.74, 6) is 1.29. The molecule has 0 fully saturated rings. The number of para-hydroxylation sites is 1. The van der Waals surface area contributed by atoms with Crippen LogP contribution in [0.25, 0.3) is 0 Å². The van der Waals surface area contributed by atoms with Gasteiger partial charge in [0, 0.05) is 57.1 Å². The Bertz CT molecular complexity index is 1350. The number of halogens is 1. The smallest absolute Gasteiger partial charge is 0.252 e. The van der Waals surface area contributed by atoms with E-state index in [4.69, 9.17) is 25.8 Å². The Hall–Kier alpha value is -3.59. The van der Waals surface area contributed by atoms with E-state index < -0.39 is 0 Å². The Balaban J connectivity index is 1.40. The number of hydrogen-bond donors (Lipinski definition) is 0. The third kappa shape index (κ3) is 7.58. The van der Waals surface area contributed by atoms with Crippen molar-refractivity contribution in [2.24, 2.45) is 0 Å². The molecule has 0 bridgehead atoms. The molecule has 5 rings (SSSR count). The molecule has 9 heteroatoms. The monoisotopic (exact) mass is 577 g/mol. The molecule has 2 aliphatic heterocycles. The number of rotatable bonds is 6. The predicted octanol–water partition coefficient (Wildman–Crippen LogP) is 4.92. The van der Waals surface area contributed by atoms with Gasteiger partial charge in [0.25, 0.3) is 5.91 Å². The Labute approximate surface area is 246 Å². The minimum absolute atomic E-state index is 0.00438. The molecular weight excluding hydrogens is 542 g/mol. The van der Waals surface area contributed by atoms with Crippen molar-refractivity contribution in [1.29, 1.82) is 0 Å². The lowest BCUT2D eigenvalue weighted by atomic mass is 10.1. The Morgan fingerprint density at radius 3 is 2.39 bits per heavy atom. The summed E-state index contributed by atoms with van der Waals surface area (Å²) in [7, 11) is 1.53. The van der Waals surface area contributed by atoms with Crippen molar-refractivity contribution in [3.63, 3.8) is 0 Å². The molecule has 2 aliphatic rings. The molecule has 0 saturated carbocycles. The van der Waals surface area contributed by atoms with E-state index in [0.29, 0.717) is 36.2 Å². The predicted molar refractivity (Wildman–Crippen MR) is 158 cm³/mol. The second-order valence-corrected chi connectivity index (χ2v) is 10.8. The summed E-state index contributed by atoms with van der Waals surface area (Å²) in [4.78, 5) is 33.0. The quantitative estimate of drug-likeness (QED) is 0.414. The maximum Gasteiger partial charge on any atom is 0.252 e. The highest BCUT2D eigenvalue weighted by atomic mass is 35.5. The molecular formula is C32H36ClN3O5. The Morgan fingerprint density at radius 2 is 1.59 bits per heavy atom. The number of nitrogens with zero attached hydrogens (tertiary/aromatic N) is 3. The van der Waals surface area contributed by atoms with Crippen LogP contribution >= 0.6 is 11.6 Å². The van der Waals surface area contributed by atoms with Crippen molar-refractivity contribution >= 4 is 29.1 Å². The van der Waals surface area contributed by atoms with Crippen LogP contribution < -0.4 is 14.4 Å². The van der Waals surface area contributed by atoms with Crippen molar-refractivity contribution in [2.75, 3.05) is 51.6 Å². The van der Waals surface area contributed by atoms with Gasteiger partial charge >= 0.3 is 0 Å². The van der Waals surface area contributed by atoms with Crippen LogP contribution in [0.15, 0.2) is 66.7 Å². The minimum Gasteiger partial charge on any atom is -0.454 e. The van der Waals surface area contributed by atoms with Crippen molar-refractivity contribution in [2.45, 2.75) is 32.4 Å². The highest BCUT2D eigenvalue weighted by Gasteiger charge is 2.24. The van der Waals surface area contributed by atoms with Crippen LogP contribution in [0.2, 0.25) is 5.02 Å².